The number of nitrogens with zero attached hydrogens (tertiary/aromatic N) is 1. The smallest absolute Gasteiger partial charge is 0.280 e. The van der Waals surface area contributed by atoms with E-state index in [4.69, 9.17) is 25.5 Å². The predicted molar refractivity (Wildman–Crippen MR) is 99.0 cm³/mol. The van der Waals surface area contributed by atoms with Crippen LogP contribution in [0.15, 0.2) is 54.6 Å². The largest absolute Gasteiger partial charge is 0.394 e. The molecule has 0 amide bonds. The van der Waals surface area contributed by atoms with E-state index < -0.39 is 42.2 Å². The Morgan fingerprint density at radius 2 is 1.52 bits per heavy atom. The summed E-state index contributed by atoms with van der Waals surface area (Å²) in [6.07, 6.45) is -7.04. The number of ether oxygens (including phenoxy) is 1. The van der Waals surface area contributed by atoms with Crippen LogP contribution in [0.25, 0.3) is 0 Å². The minimum Gasteiger partial charge on any atom is -0.394 e. The van der Waals surface area contributed by atoms with Gasteiger partial charge in [-0.3, -0.25) is 14.9 Å². The van der Waals surface area contributed by atoms with Crippen molar-refractivity contribution in [3.8, 4) is 0 Å². The van der Waals surface area contributed by atoms with E-state index in [1.807, 2.05) is 0 Å². The summed E-state index contributed by atoms with van der Waals surface area (Å²) in [5.41, 5.74) is 0.395. The van der Waals surface area contributed by atoms with Gasteiger partial charge in [0.05, 0.1) is 11.5 Å². The lowest BCUT2D eigenvalue weighted by molar-refractivity contribution is -0.385. The SMILES string of the molecule is O=C(c1ccccc1)c1ccccc1[N+](=O)[O-].OC[C@H]1O[C@@H](O)[C@@H](O)[C@@H](O)[C@@H]1O. The van der Waals surface area contributed by atoms with Crippen LogP contribution in [0, 0.1) is 10.1 Å². The second kappa shape index (κ2) is 10.2. The van der Waals surface area contributed by atoms with E-state index in [9.17, 15) is 14.9 Å². The summed E-state index contributed by atoms with van der Waals surface area (Å²) in [5.74, 6) is -0.335. The highest BCUT2D eigenvalue weighted by atomic mass is 16.6. The molecule has 10 nitrogen and oxygen atoms in total. The van der Waals surface area contributed by atoms with Crippen LogP contribution in [0.5, 0.6) is 0 Å². The minimum absolute atomic E-state index is 0.115. The monoisotopic (exact) mass is 407 g/mol. The summed E-state index contributed by atoms with van der Waals surface area (Å²) in [6.45, 7) is -0.526. The third-order valence-electron chi connectivity index (χ3n) is 4.25. The molecule has 5 atom stereocenters. The van der Waals surface area contributed by atoms with Crippen LogP contribution < -0.4 is 0 Å². The number of aliphatic hydroxyl groups is 5. The Morgan fingerprint density at radius 3 is 2.10 bits per heavy atom. The minimum atomic E-state index is -1.57. The molecule has 0 bridgehead atoms. The van der Waals surface area contributed by atoms with Gasteiger partial charge in [-0.05, 0) is 6.07 Å². The summed E-state index contributed by atoms with van der Waals surface area (Å²) < 4.78 is 4.58. The van der Waals surface area contributed by atoms with Gasteiger partial charge in [0.15, 0.2) is 12.1 Å². The molecule has 5 N–H and O–H groups in total. The van der Waals surface area contributed by atoms with Crippen LogP contribution in [0.2, 0.25) is 0 Å². The molecule has 0 aromatic heterocycles. The van der Waals surface area contributed by atoms with Crippen molar-refractivity contribution in [1.29, 1.82) is 0 Å². The van der Waals surface area contributed by atoms with Gasteiger partial charge in [-0.25, -0.2) is 0 Å². The molecular weight excluding hydrogens is 386 g/mol. The van der Waals surface area contributed by atoms with Gasteiger partial charge < -0.3 is 30.3 Å². The van der Waals surface area contributed by atoms with Crippen molar-refractivity contribution in [1.82, 2.24) is 0 Å². The lowest BCUT2D eigenvalue weighted by atomic mass is 10.00. The number of carbonyl (C=O) groups excluding carboxylic acids is 1. The third-order valence-corrected chi connectivity index (χ3v) is 4.25. The zero-order valence-electron chi connectivity index (χ0n) is 15.1. The van der Waals surface area contributed by atoms with Crippen LogP contribution in [0.1, 0.15) is 15.9 Å². The molecule has 1 aliphatic heterocycles. The number of benzene rings is 2. The number of hydrogen-bond donors (Lipinski definition) is 5. The van der Waals surface area contributed by atoms with E-state index in [-0.39, 0.29) is 17.0 Å². The third kappa shape index (κ3) is 5.41. The van der Waals surface area contributed by atoms with E-state index >= 15 is 0 Å². The highest BCUT2D eigenvalue weighted by Gasteiger charge is 2.42. The number of aliphatic hydroxyl groups excluding tert-OH is 5. The molecule has 0 aliphatic carbocycles. The van der Waals surface area contributed by atoms with Crippen molar-refractivity contribution >= 4 is 11.5 Å². The highest BCUT2D eigenvalue weighted by molar-refractivity contribution is 6.11. The van der Waals surface area contributed by atoms with Gasteiger partial charge in [-0.2, -0.15) is 0 Å². The summed E-state index contributed by atoms with van der Waals surface area (Å²) >= 11 is 0. The number of nitro groups is 1. The second-order valence-electron chi connectivity index (χ2n) is 6.19. The maximum atomic E-state index is 12.1. The Labute approximate surface area is 165 Å². The molecule has 1 heterocycles. The molecule has 0 spiro atoms. The molecule has 2 aromatic carbocycles. The van der Waals surface area contributed by atoms with Crippen LogP contribution >= 0.6 is 0 Å². The number of rotatable bonds is 4. The zero-order chi connectivity index (χ0) is 21.6. The van der Waals surface area contributed by atoms with Gasteiger partial charge >= 0.3 is 0 Å². The van der Waals surface area contributed by atoms with Crippen LogP contribution in [-0.4, -0.2) is 73.6 Å². The maximum Gasteiger partial charge on any atom is 0.280 e. The normalized spacial score (nSPS) is 26.2. The van der Waals surface area contributed by atoms with Gasteiger partial charge in [0, 0.05) is 11.6 Å². The quantitative estimate of drug-likeness (QED) is 0.257. The lowest BCUT2D eigenvalue weighted by Gasteiger charge is -2.37. The summed E-state index contributed by atoms with van der Waals surface area (Å²) in [6, 6.07) is 14.5. The van der Waals surface area contributed by atoms with Crippen molar-refractivity contribution in [2.45, 2.75) is 30.7 Å². The van der Waals surface area contributed by atoms with Gasteiger partial charge in [0.1, 0.15) is 30.0 Å². The molecule has 1 fully saturated rings. The van der Waals surface area contributed by atoms with Crippen LogP contribution in [0.4, 0.5) is 5.69 Å². The van der Waals surface area contributed by atoms with Crippen LogP contribution in [-0.2, 0) is 4.74 Å². The fourth-order valence-corrected chi connectivity index (χ4v) is 2.65. The van der Waals surface area contributed by atoms with E-state index in [0.717, 1.165) is 0 Å². The molecule has 2 aromatic rings. The molecule has 1 saturated heterocycles. The first kappa shape index (κ1) is 22.6. The zero-order valence-corrected chi connectivity index (χ0v) is 15.1. The number of hydrogen-bond acceptors (Lipinski definition) is 9. The summed E-state index contributed by atoms with van der Waals surface area (Å²) in [4.78, 5) is 22.3. The lowest BCUT2D eigenvalue weighted by Crippen LogP contribution is -2.58. The first-order chi connectivity index (χ1) is 13.8. The van der Waals surface area contributed by atoms with Crippen molar-refractivity contribution in [3.63, 3.8) is 0 Å². The van der Waals surface area contributed by atoms with E-state index in [1.165, 1.54) is 12.1 Å². The molecule has 1 aliphatic rings. The molecule has 0 saturated carbocycles. The molecule has 10 heteroatoms. The fraction of sp³-hybridized carbons (Fsp3) is 0.316. The van der Waals surface area contributed by atoms with E-state index in [1.54, 1.807) is 42.5 Å². The van der Waals surface area contributed by atoms with E-state index in [2.05, 4.69) is 4.74 Å². The Hall–Kier alpha value is -2.73. The first-order valence-electron chi connectivity index (χ1n) is 8.59. The first-order valence-corrected chi connectivity index (χ1v) is 8.59. The summed E-state index contributed by atoms with van der Waals surface area (Å²) in [5, 5.41) is 55.5. The fourth-order valence-electron chi connectivity index (χ4n) is 2.65. The molecule has 29 heavy (non-hydrogen) atoms. The van der Waals surface area contributed by atoms with Gasteiger partial charge in [0.2, 0.25) is 0 Å². The predicted octanol–water partition coefficient (Wildman–Crippen LogP) is -0.396. The maximum absolute atomic E-state index is 12.1. The topological polar surface area (TPSA) is 171 Å². The average Bonchev–Trinajstić information content (AvgIpc) is 2.75. The Bertz CT molecular complexity index is 825. The molecular formula is C19H21NO9. The van der Waals surface area contributed by atoms with E-state index in [0.29, 0.717) is 5.56 Å². The van der Waals surface area contributed by atoms with Crippen molar-refractivity contribution in [2.24, 2.45) is 0 Å². The highest BCUT2D eigenvalue weighted by Crippen LogP contribution is 2.21. The standard InChI is InChI=1S/C13H9NO3.C6H12O6/c15-13(10-6-2-1-3-7-10)11-8-4-5-9-12(11)14(16)17;7-1-2-3(8)4(9)5(10)6(11)12-2/h1-9H;2-11H,1H2/t;2-,3-,4+,5+,6-/m.1/s1. The molecule has 156 valence electrons. The Kier molecular flexibility index (Phi) is 7.91. The number of carbonyl (C=O) groups is 1. The molecule has 0 radical (unpaired) electrons. The summed E-state index contributed by atoms with van der Waals surface area (Å²) in [7, 11) is 0. The molecule has 3 rings (SSSR count). The van der Waals surface area contributed by atoms with Crippen molar-refractivity contribution < 1.29 is 40.0 Å². The van der Waals surface area contributed by atoms with Gasteiger partial charge in [0.25, 0.3) is 5.69 Å². The number of nitro benzene ring substituents is 1. The average molecular weight is 407 g/mol. The number of ketones is 1. The van der Waals surface area contributed by atoms with Crippen molar-refractivity contribution in [3.05, 3.63) is 75.8 Å². The van der Waals surface area contributed by atoms with Crippen LogP contribution in [0.3, 0.4) is 0 Å². The Morgan fingerprint density at radius 1 is 0.931 bits per heavy atom. The van der Waals surface area contributed by atoms with Gasteiger partial charge in [-0.1, -0.05) is 42.5 Å². The number of para-hydroxylation sites is 1. The molecule has 0 unspecified atom stereocenters. The van der Waals surface area contributed by atoms with Gasteiger partial charge in [-0.15, -0.1) is 0 Å². The Balaban J connectivity index is 0.000000221. The second-order valence-corrected chi connectivity index (χ2v) is 6.19. The van der Waals surface area contributed by atoms with Crippen molar-refractivity contribution in [2.75, 3.05) is 6.61 Å².